The normalized spacial score (nSPS) is 17.3. The molecule has 8 heteroatoms. The fraction of sp³-hybridized carbons (Fsp3) is 0.579. The third kappa shape index (κ3) is 5.56. The van der Waals surface area contributed by atoms with E-state index in [1.807, 2.05) is 13.8 Å². The number of amides is 3. The van der Waals surface area contributed by atoms with Crippen molar-refractivity contribution in [2.75, 3.05) is 33.3 Å². The molecule has 1 saturated heterocycles. The lowest BCUT2D eigenvalue weighted by molar-refractivity contribution is -0.136. The molecule has 1 aromatic rings. The summed E-state index contributed by atoms with van der Waals surface area (Å²) in [6.07, 6.45) is 0.760. The van der Waals surface area contributed by atoms with Crippen LogP contribution in [0.4, 0.5) is 9.18 Å². The summed E-state index contributed by atoms with van der Waals surface area (Å²) < 4.78 is 18.8. The van der Waals surface area contributed by atoms with Crippen LogP contribution < -0.4 is 15.8 Å². The fourth-order valence-corrected chi connectivity index (χ4v) is 3.27. The molecular formula is C19H29FN4O3. The molecule has 0 aromatic heterocycles. The molecule has 1 heterocycles. The van der Waals surface area contributed by atoms with E-state index in [2.05, 4.69) is 10.2 Å². The standard InChI is InChI=1S/C19H29FN4O3/c1-4-13(2)17(22-19(21)26)18(25)24-9-7-23(8-10-24)12-14-11-15(20)5-6-16(14)27-3/h5-6,11,13,17H,4,7-10,12H2,1-3H3,(H3,21,22,26)/t13-,17-/m0/s1. The molecule has 0 radical (unpaired) electrons. The minimum Gasteiger partial charge on any atom is -0.496 e. The summed E-state index contributed by atoms with van der Waals surface area (Å²) >= 11 is 0. The number of hydrogen-bond acceptors (Lipinski definition) is 4. The van der Waals surface area contributed by atoms with Crippen LogP contribution in [-0.2, 0) is 11.3 Å². The monoisotopic (exact) mass is 380 g/mol. The van der Waals surface area contributed by atoms with E-state index < -0.39 is 12.1 Å². The number of carbonyl (C=O) groups is 2. The lowest BCUT2D eigenvalue weighted by atomic mass is 9.97. The summed E-state index contributed by atoms with van der Waals surface area (Å²) in [5, 5.41) is 2.58. The van der Waals surface area contributed by atoms with Gasteiger partial charge in [0.05, 0.1) is 7.11 Å². The maximum Gasteiger partial charge on any atom is 0.312 e. The van der Waals surface area contributed by atoms with Crippen LogP contribution in [0.15, 0.2) is 18.2 Å². The number of urea groups is 1. The van der Waals surface area contributed by atoms with Crippen molar-refractivity contribution < 1.29 is 18.7 Å². The van der Waals surface area contributed by atoms with Gasteiger partial charge in [0.15, 0.2) is 0 Å². The first-order valence-corrected chi connectivity index (χ1v) is 9.25. The molecule has 3 N–H and O–H groups in total. The van der Waals surface area contributed by atoms with Gasteiger partial charge < -0.3 is 20.7 Å². The van der Waals surface area contributed by atoms with Crippen molar-refractivity contribution in [1.29, 1.82) is 0 Å². The lowest BCUT2D eigenvalue weighted by Crippen LogP contribution is -2.57. The Labute approximate surface area is 159 Å². The molecule has 0 aliphatic carbocycles. The van der Waals surface area contributed by atoms with Crippen LogP contribution in [0.5, 0.6) is 5.75 Å². The van der Waals surface area contributed by atoms with E-state index in [0.29, 0.717) is 38.5 Å². The number of benzene rings is 1. The molecule has 1 aromatic carbocycles. The molecule has 1 fully saturated rings. The van der Waals surface area contributed by atoms with Crippen molar-refractivity contribution >= 4 is 11.9 Å². The smallest absolute Gasteiger partial charge is 0.312 e. The number of carbonyl (C=O) groups excluding carboxylic acids is 2. The Morgan fingerprint density at radius 2 is 1.96 bits per heavy atom. The summed E-state index contributed by atoms with van der Waals surface area (Å²) in [7, 11) is 1.56. The van der Waals surface area contributed by atoms with E-state index in [9.17, 15) is 14.0 Å². The summed E-state index contributed by atoms with van der Waals surface area (Å²) in [6.45, 7) is 6.86. The number of rotatable bonds is 7. The van der Waals surface area contributed by atoms with E-state index in [4.69, 9.17) is 10.5 Å². The van der Waals surface area contributed by atoms with Gasteiger partial charge in [-0.15, -0.1) is 0 Å². The number of methoxy groups -OCH3 is 1. The fourth-order valence-electron chi connectivity index (χ4n) is 3.27. The average Bonchev–Trinajstić information content (AvgIpc) is 2.65. The van der Waals surface area contributed by atoms with E-state index in [1.165, 1.54) is 12.1 Å². The first-order chi connectivity index (χ1) is 12.8. The lowest BCUT2D eigenvalue weighted by Gasteiger charge is -2.37. The van der Waals surface area contributed by atoms with Crippen LogP contribution in [-0.4, -0.2) is 61.1 Å². The number of primary amides is 1. The van der Waals surface area contributed by atoms with Gasteiger partial charge in [-0.25, -0.2) is 9.18 Å². The Hall–Kier alpha value is -2.35. The average molecular weight is 380 g/mol. The predicted octanol–water partition coefficient (Wildman–Crippen LogP) is 1.56. The van der Waals surface area contributed by atoms with Gasteiger partial charge >= 0.3 is 6.03 Å². The van der Waals surface area contributed by atoms with Gasteiger partial charge in [0.1, 0.15) is 17.6 Å². The quantitative estimate of drug-likeness (QED) is 0.751. The van der Waals surface area contributed by atoms with Gasteiger partial charge in [-0.05, 0) is 24.1 Å². The van der Waals surface area contributed by atoms with Crippen LogP contribution in [0.1, 0.15) is 25.8 Å². The van der Waals surface area contributed by atoms with Crippen LogP contribution >= 0.6 is 0 Å². The summed E-state index contributed by atoms with van der Waals surface area (Å²) in [5.74, 6) is 0.247. The molecule has 150 valence electrons. The first-order valence-electron chi connectivity index (χ1n) is 9.25. The molecule has 7 nitrogen and oxygen atoms in total. The number of nitrogens with two attached hydrogens (primary N) is 1. The van der Waals surface area contributed by atoms with Gasteiger partial charge in [0.2, 0.25) is 5.91 Å². The second-order valence-electron chi connectivity index (χ2n) is 6.93. The van der Waals surface area contributed by atoms with Crippen molar-refractivity contribution in [2.45, 2.75) is 32.9 Å². The third-order valence-electron chi connectivity index (χ3n) is 5.10. The largest absolute Gasteiger partial charge is 0.496 e. The first kappa shape index (κ1) is 21.0. The van der Waals surface area contributed by atoms with E-state index in [1.54, 1.807) is 18.1 Å². The third-order valence-corrected chi connectivity index (χ3v) is 5.10. The van der Waals surface area contributed by atoms with Gasteiger partial charge in [-0.3, -0.25) is 9.69 Å². The van der Waals surface area contributed by atoms with Gasteiger partial charge in [-0.1, -0.05) is 20.3 Å². The number of nitrogens with one attached hydrogen (secondary N) is 1. The highest BCUT2D eigenvalue weighted by Crippen LogP contribution is 2.22. The van der Waals surface area contributed by atoms with Gasteiger partial charge in [0, 0.05) is 38.3 Å². The molecular weight excluding hydrogens is 351 g/mol. The van der Waals surface area contributed by atoms with Crippen LogP contribution in [0.25, 0.3) is 0 Å². The van der Waals surface area contributed by atoms with Crippen molar-refractivity contribution in [3.63, 3.8) is 0 Å². The summed E-state index contributed by atoms with van der Waals surface area (Å²) in [6, 6.07) is 3.18. The molecule has 0 spiro atoms. The van der Waals surface area contributed by atoms with E-state index in [-0.39, 0.29) is 17.6 Å². The van der Waals surface area contributed by atoms with Crippen LogP contribution in [0.3, 0.4) is 0 Å². The maximum atomic E-state index is 13.5. The zero-order valence-electron chi connectivity index (χ0n) is 16.2. The number of halogens is 1. The topological polar surface area (TPSA) is 87.9 Å². The number of nitrogens with zero attached hydrogens (tertiary/aromatic N) is 2. The molecule has 0 bridgehead atoms. The van der Waals surface area contributed by atoms with Gasteiger partial charge in [-0.2, -0.15) is 0 Å². The molecule has 1 aliphatic heterocycles. The van der Waals surface area contributed by atoms with Crippen LogP contribution in [0.2, 0.25) is 0 Å². The van der Waals surface area contributed by atoms with Crippen molar-refractivity contribution in [1.82, 2.24) is 15.1 Å². The molecule has 0 saturated carbocycles. The van der Waals surface area contributed by atoms with E-state index >= 15 is 0 Å². The minimum atomic E-state index is -0.689. The van der Waals surface area contributed by atoms with Gasteiger partial charge in [0.25, 0.3) is 0 Å². The second kappa shape index (κ2) is 9.55. The molecule has 0 unspecified atom stereocenters. The summed E-state index contributed by atoms with van der Waals surface area (Å²) in [5.41, 5.74) is 6.01. The molecule has 3 amide bonds. The SMILES string of the molecule is CC[C@H](C)[C@H](NC(N)=O)C(=O)N1CCN(Cc2cc(F)ccc2OC)CC1. The number of piperazine rings is 1. The molecule has 1 aliphatic rings. The second-order valence-corrected chi connectivity index (χ2v) is 6.93. The molecule has 2 atom stereocenters. The minimum absolute atomic E-state index is 0.000385. The number of hydrogen-bond donors (Lipinski definition) is 2. The summed E-state index contributed by atoms with van der Waals surface area (Å²) in [4.78, 5) is 28.0. The van der Waals surface area contributed by atoms with Crippen molar-refractivity contribution in [2.24, 2.45) is 11.7 Å². The van der Waals surface area contributed by atoms with Crippen LogP contribution in [0, 0.1) is 11.7 Å². The highest BCUT2D eigenvalue weighted by molar-refractivity contribution is 5.87. The highest BCUT2D eigenvalue weighted by atomic mass is 19.1. The Morgan fingerprint density at radius 1 is 1.30 bits per heavy atom. The molecule has 2 rings (SSSR count). The highest BCUT2D eigenvalue weighted by Gasteiger charge is 2.31. The molecule has 27 heavy (non-hydrogen) atoms. The van der Waals surface area contributed by atoms with Crippen molar-refractivity contribution in [3.05, 3.63) is 29.6 Å². The Morgan fingerprint density at radius 3 is 2.52 bits per heavy atom. The zero-order chi connectivity index (χ0) is 20.0. The zero-order valence-corrected chi connectivity index (χ0v) is 16.2. The van der Waals surface area contributed by atoms with E-state index in [0.717, 1.165) is 12.0 Å². The van der Waals surface area contributed by atoms with Crippen molar-refractivity contribution in [3.8, 4) is 5.75 Å². The Balaban J connectivity index is 1.97. The Bertz CT molecular complexity index is 662. The number of ether oxygens (including phenoxy) is 1. The Kier molecular flexibility index (Phi) is 7.41. The predicted molar refractivity (Wildman–Crippen MR) is 101 cm³/mol. The maximum absolute atomic E-state index is 13.5.